The second-order valence-electron chi connectivity index (χ2n) is 6.24. The Kier molecular flexibility index (Phi) is 3.92. The summed E-state index contributed by atoms with van der Waals surface area (Å²) in [7, 11) is 0. The van der Waals surface area contributed by atoms with E-state index in [4.69, 9.17) is 0 Å². The number of aryl methyl sites for hydroxylation is 1. The van der Waals surface area contributed by atoms with Crippen LogP contribution >= 0.6 is 0 Å². The largest absolute Gasteiger partial charge is 0.381 e. The predicted octanol–water partition coefficient (Wildman–Crippen LogP) is 6.17. The van der Waals surface area contributed by atoms with Crippen molar-refractivity contribution in [1.82, 2.24) is 0 Å². The molecule has 0 bridgehead atoms. The van der Waals surface area contributed by atoms with Crippen molar-refractivity contribution < 1.29 is 0 Å². The molecule has 4 aromatic carbocycles. The summed E-state index contributed by atoms with van der Waals surface area (Å²) in [6.45, 7) is 3.03. The minimum absolute atomic E-state index is 0.834. The lowest BCUT2D eigenvalue weighted by Gasteiger charge is -2.11. The molecule has 1 heteroatoms. The van der Waals surface area contributed by atoms with E-state index >= 15 is 0 Å². The molecule has 0 fully saturated rings. The fourth-order valence-electron chi connectivity index (χ4n) is 3.27. The zero-order valence-corrected chi connectivity index (χ0v) is 13.9. The summed E-state index contributed by atoms with van der Waals surface area (Å²) in [5.41, 5.74) is 3.88. The SMILES string of the molecule is CCc1ccc2ccc(NCc3cccc4ccccc34)cc2c1. The summed E-state index contributed by atoms with van der Waals surface area (Å²) in [5.74, 6) is 0. The molecule has 1 N–H and O–H groups in total. The van der Waals surface area contributed by atoms with Gasteiger partial charge >= 0.3 is 0 Å². The van der Waals surface area contributed by atoms with Gasteiger partial charge in [0, 0.05) is 12.2 Å². The van der Waals surface area contributed by atoms with Crippen LogP contribution in [0.3, 0.4) is 0 Å². The molecule has 0 amide bonds. The molecule has 4 aromatic rings. The molecule has 118 valence electrons. The molecule has 0 aliphatic rings. The summed E-state index contributed by atoms with van der Waals surface area (Å²) in [5, 5.41) is 8.80. The van der Waals surface area contributed by atoms with Gasteiger partial charge in [-0.15, -0.1) is 0 Å². The van der Waals surface area contributed by atoms with Crippen molar-refractivity contribution in [3.8, 4) is 0 Å². The first-order valence-corrected chi connectivity index (χ1v) is 8.57. The molecule has 24 heavy (non-hydrogen) atoms. The van der Waals surface area contributed by atoms with E-state index in [1.54, 1.807) is 0 Å². The van der Waals surface area contributed by atoms with Crippen molar-refractivity contribution >= 4 is 27.2 Å². The van der Waals surface area contributed by atoms with Crippen LogP contribution in [0.4, 0.5) is 5.69 Å². The second-order valence-corrected chi connectivity index (χ2v) is 6.24. The highest BCUT2D eigenvalue weighted by Crippen LogP contribution is 2.23. The highest BCUT2D eigenvalue weighted by molar-refractivity contribution is 5.87. The zero-order chi connectivity index (χ0) is 16.4. The Morgan fingerprint density at radius 1 is 0.708 bits per heavy atom. The van der Waals surface area contributed by atoms with Crippen LogP contribution in [0.1, 0.15) is 18.1 Å². The van der Waals surface area contributed by atoms with Crippen LogP contribution in [-0.2, 0) is 13.0 Å². The summed E-state index contributed by atoms with van der Waals surface area (Å²) >= 11 is 0. The van der Waals surface area contributed by atoms with E-state index in [2.05, 4.69) is 91.1 Å². The van der Waals surface area contributed by atoms with E-state index in [0.29, 0.717) is 0 Å². The van der Waals surface area contributed by atoms with Gasteiger partial charge in [-0.05, 0) is 51.2 Å². The monoisotopic (exact) mass is 311 g/mol. The molecule has 0 aliphatic heterocycles. The van der Waals surface area contributed by atoms with Crippen molar-refractivity contribution in [1.29, 1.82) is 0 Å². The number of fused-ring (bicyclic) bond motifs is 2. The summed E-state index contributed by atoms with van der Waals surface area (Å²) in [6.07, 6.45) is 1.07. The predicted molar refractivity (Wildman–Crippen MR) is 105 cm³/mol. The number of hydrogen-bond acceptors (Lipinski definition) is 1. The number of hydrogen-bond donors (Lipinski definition) is 1. The lowest BCUT2D eigenvalue weighted by Crippen LogP contribution is -2.00. The summed E-state index contributed by atoms with van der Waals surface area (Å²) < 4.78 is 0. The van der Waals surface area contributed by atoms with Crippen molar-refractivity contribution in [2.24, 2.45) is 0 Å². The van der Waals surface area contributed by atoms with Crippen LogP contribution in [-0.4, -0.2) is 0 Å². The normalized spacial score (nSPS) is 11.0. The highest BCUT2D eigenvalue weighted by atomic mass is 14.9. The Balaban J connectivity index is 1.62. The van der Waals surface area contributed by atoms with E-state index in [-0.39, 0.29) is 0 Å². The minimum atomic E-state index is 0.834. The Labute approximate surface area is 142 Å². The lowest BCUT2D eigenvalue weighted by atomic mass is 10.0. The van der Waals surface area contributed by atoms with Crippen molar-refractivity contribution in [3.63, 3.8) is 0 Å². The Morgan fingerprint density at radius 3 is 2.46 bits per heavy atom. The maximum atomic E-state index is 3.58. The van der Waals surface area contributed by atoms with Crippen molar-refractivity contribution in [3.05, 3.63) is 90.0 Å². The van der Waals surface area contributed by atoms with Gasteiger partial charge in [0.05, 0.1) is 0 Å². The van der Waals surface area contributed by atoms with Crippen LogP contribution < -0.4 is 5.32 Å². The molecular weight excluding hydrogens is 290 g/mol. The fraction of sp³-hybridized carbons (Fsp3) is 0.130. The maximum Gasteiger partial charge on any atom is 0.0406 e. The van der Waals surface area contributed by atoms with Crippen LogP contribution in [0.25, 0.3) is 21.5 Å². The van der Waals surface area contributed by atoms with Gasteiger partial charge in [-0.3, -0.25) is 0 Å². The standard InChI is InChI=1S/C23H21N/c1-2-17-10-11-18-12-13-22(15-21(18)14-17)24-16-20-8-5-7-19-6-3-4-9-23(19)20/h3-15,24H,2,16H2,1H3. The van der Waals surface area contributed by atoms with Crippen molar-refractivity contribution in [2.75, 3.05) is 5.32 Å². The fourth-order valence-corrected chi connectivity index (χ4v) is 3.27. The van der Waals surface area contributed by atoms with E-state index < -0.39 is 0 Å². The van der Waals surface area contributed by atoms with Gasteiger partial charge in [0.15, 0.2) is 0 Å². The number of rotatable bonds is 4. The van der Waals surface area contributed by atoms with Crippen LogP contribution in [0.15, 0.2) is 78.9 Å². The molecule has 0 spiro atoms. The third-order valence-corrected chi connectivity index (χ3v) is 4.68. The van der Waals surface area contributed by atoms with Gasteiger partial charge in [0.2, 0.25) is 0 Å². The third kappa shape index (κ3) is 2.85. The molecule has 0 saturated heterocycles. The van der Waals surface area contributed by atoms with E-state index in [0.717, 1.165) is 13.0 Å². The summed E-state index contributed by atoms with van der Waals surface area (Å²) in [6, 6.07) is 28.4. The smallest absolute Gasteiger partial charge is 0.0406 e. The first-order chi connectivity index (χ1) is 11.8. The molecule has 0 unspecified atom stereocenters. The number of anilines is 1. The highest BCUT2D eigenvalue weighted by Gasteiger charge is 2.02. The van der Waals surface area contributed by atoms with E-state index in [1.807, 2.05) is 0 Å². The minimum Gasteiger partial charge on any atom is -0.381 e. The van der Waals surface area contributed by atoms with Gasteiger partial charge < -0.3 is 5.32 Å². The molecule has 0 heterocycles. The number of nitrogens with one attached hydrogen (secondary N) is 1. The Bertz CT molecular complexity index is 996. The first kappa shape index (κ1) is 14.8. The lowest BCUT2D eigenvalue weighted by molar-refractivity contribution is 1.15. The topological polar surface area (TPSA) is 12.0 Å². The Hall–Kier alpha value is -2.80. The van der Waals surface area contributed by atoms with Gasteiger partial charge in [0.1, 0.15) is 0 Å². The second kappa shape index (κ2) is 6.37. The average molecular weight is 311 g/mol. The van der Waals surface area contributed by atoms with Crippen molar-refractivity contribution in [2.45, 2.75) is 19.9 Å². The molecule has 0 saturated carbocycles. The van der Waals surface area contributed by atoms with Crippen LogP contribution in [0.2, 0.25) is 0 Å². The zero-order valence-electron chi connectivity index (χ0n) is 13.9. The van der Waals surface area contributed by atoms with Crippen LogP contribution in [0.5, 0.6) is 0 Å². The quantitative estimate of drug-likeness (QED) is 0.475. The van der Waals surface area contributed by atoms with E-state index in [9.17, 15) is 0 Å². The van der Waals surface area contributed by atoms with Gasteiger partial charge in [-0.1, -0.05) is 73.7 Å². The molecule has 1 nitrogen and oxygen atoms in total. The van der Waals surface area contributed by atoms with Gasteiger partial charge in [-0.2, -0.15) is 0 Å². The van der Waals surface area contributed by atoms with Crippen LogP contribution in [0, 0.1) is 0 Å². The number of benzene rings is 4. The molecule has 0 atom stereocenters. The third-order valence-electron chi connectivity index (χ3n) is 4.68. The molecular formula is C23H21N. The molecule has 4 rings (SSSR count). The first-order valence-electron chi connectivity index (χ1n) is 8.57. The van der Waals surface area contributed by atoms with Gasteiger partial charge in [0.25, 0.3) is 0 Å². The van der Waals surface area contributed by atoms with Gasteiger partial charge in [-0.25, -0.2) is 0 Å². The average Bonchev–Trinajstić information content (AvgIpc) is 2.65. The van der Waals surface area contributed by atoms with E-state index in [1.165, 1.54) is 38.4 Å². The molecule has 0 aliphatic carbocycles. The summed E-state index contributed by atoms with van der Waals surface area (Å²) in [4.78, 5) is 0. The maximum absolute atomic E-state index is 3.58. The molecule has 0 radical (unpaired) electrons. The molecule has 0 aromatic heterocycles. The Morgan fingerprint density at radius 2 is 1.54 bits per heavy atom.